The third-order valence-corrected chi connectivity index (χ3v) is 4.72. The first-order valence-electron chi connectivity index (χ1n) is 9.41. The van der Waals surface area contributed by atoms with E-state index in [2.05, 4.69) is 79.1 Å². The average molecular weight is 389 g/mol. The summed E-state index contributed by atoms with van der Waals surface area (Å²) in [5.41, 5.74) is 3.41. The zero-order valence-electron chi connectivity index (χ0n) is 18.4. The highest BCUT2D eigenvalue weighted by molar-refractivity contribution is 7.08. The zero-order valence-corrected chi connectivity index (χ0v) is 19.2. The van der Waals surface area contributed by atoms with Crippen LogP contribution in [0, 0.1) is 0 Å². The molecule has 0 aromatic carbocycles. The van der Waals surface area contributed by atoms with Crippen LogP contribution in [-0.4, -0.2) is 0 Å². The lowest BCUT2D eigenvalue weighted by molar-refractivity contribution is 0.409. The van der Waals surface area contributed by atoms with Gasteiger partial charge in [-0.1, -0.05) is 62.3 Å². The van der Waals surface area contributed by atoms with Gasteiger partial charge < -0.3 is 8.83 Å². The van der Waals surface area contributed by atoms with E-state index in [9.17, 15) is 0 Å². The summed E-state index contributed by atoms with van der Waals surface area (Å²) in [6.45, 7) is 19.6. The molecule has 150 valence electrons. The quantitative estimate of drug-likeness (QED) is 0.388. The first kappa shape index (κ1) is 23.3. The Hall–Kier alpha value is -1.74. The third-order valence-electron chi connectivity index (χ3n) is 4.03. The second kappa shape index (κ2) is 9.45. The largest absolute Gasteiger partial charge is 0.472 e. The summed E-state index contributed by atoms with van der Waals surface area (Å²) >= 11 is 1.77. The number of furan rings is 2. The molecule has 3 aromatic rings. The molecule has 3 heteroatoms. The molecule has 0 atom stereocenters. The molecule has 0 amide bonds. The van der Waals surface area contributed by atoms with Crippen LogP contribution in [0.15, 0.2) is 62.6 Å². The summed E-state index contributed by atoms with van der Waals surface area (Å²) in [6.07, 6.45) is 5.21. The lowest BCUT2D eigenvalue weighted by atomic mass is 9.89. The molecule has 0 N–H and O–H groups in total. The second-order valence-corrected chi connectivity index (χ2v) is 10.5. The van der Waals surface area contributed by atoms with Gasteiger partial charge >= 0.3 is 0 Å². The normalized spacial score (nSPS) is 11.9. The Kier molecular flexibility index (Phi) is 8.16. The van der Waals surface area contributed by atoms with E-state index < -0.39 is 0 Å². The number of hydrogen-bond acceptors (Lipinski definition) is 3. The number of hydrogen-bond donors (Lipinski definition) is 0. The molecule has 0 fully saturated rings. The summed E-state index contributed by atoms with van der Waals surface area (Å²) in [6, 6.07) is 8.10. The molecule has 0 spiro atoms. The Balaban J connectivity index is 0.000000202. The molecule has 0 aliphatic rings. The molecular formula is C24H36O2S. The van der Waals surface area contributed by atoms with E-state index in [1.54, 1.807) is 30.1 Å². The summed E-state index contributed by atoms with van der Waals surface area (Å²) in [5.74, 6) is 1.04. The predicted octanol–water partition coefficient (Wildman–Crippen LogP) is 8.20. The fourth-order valence-electron chi connectivity index (χ4n) is 2.09. The van der Waals surface area contributed by atoms with Crippen molar-refractivity contribution in [3.63, 3.8) is 0 Å². The molecule has 3 aromatic heterocycles. The Bertz CT molecular complexity index is 609. The topological polar surface area (TPSA) is 26.3 Å². The monoisotopic (exact) mass is 388 g/mol. The third kappa shape index (κ3) is 8.66. The molecule has 0 aliphatic heterocycles. The van der Waals surface area contributed by atoms with Gasteiger partial charge in [-0.05, 0) is 57.0 Å². The highest BCUT2D eigenvalue weighted by Crippen LogP contribution is 2.24. The van der Waals surface area contributed by atoms with Crippen LogP contribution >= 0.6 is 11.3 Å². The minimum atomic E-state index is 0.156. The van der Waals surface area contributed by atoms with Gasteiger partial charge in [-0.15, -0.1) is 0 Å². The Morgan fingerprint density at radius 1 is 0.704 bits per heavy atom. The van der Waals surface area contributed by atoms with Crippen molar-refractivity contribution in [2.24, 2.45) is 0 Å². The van der Waals surface area contributed by atoms with Crippen molar-refractivity contribution in [3.05, 3.63) is 70.7 Å². The molecule has 2 nitrogen and oxygen atoms in total. The van der Waals surface area contributed by atoms with Crippen molar-refractivity contribution in [2.45, 2.75) is 78.6 Å². The van der Waals surface area contributed by atoms with Crippen molar-refractivity contribution < 1.29 is 8.83 Å². The number of thiophene rings is 1. The van der Waals surface area contributed by atoms with Gasteiger partial charge in [0.1, 0.15) is 5.76 Å². The summed E-state index contributed by atoms with van der Waals surface area (Å²) < 4.78 is 10.1. The second-order valence-electron chi connectivity index (χ2n) is 9.75. The van der Waals surface area contributed by atoms with Gasteiger partial charge in [0.2, 0.25) is 0 Å². The molecular weight excluding hydrogens is 352 g/mol. The van der Waals surface area contributed by atoms with E-state index in [-0.39, 0.29) is 10.8 Å². The molecule has 3 heterocycles. The molecule has 0 saturated heterocycles. The lowest BCUT2D eigenvalue weighted by Crippen LogP contribution is -2.08. The van der Waals surface area contributed by atoms with Crippen LogP contribution in [0.2, 0.25) is 0 Å². The highest BCUT2D eigenvalue weighted by Gasteiger charge is 2.15. The van der Waals surface area contributed by atoms with Gasteiger partial charge in [0, 0.05) is 5.41 Å². The van der Waals surface area contributed by atoms with Crippen LogP contribution in [0.1, 0.15) is 79.2 Å². The molecule has 0 aliphatic carbocycles. The maximum Gasteiger partial charge on any atom is 0.109 e. The van der Waals surface area contributed by atoms with Crippen molar-refractivity contribution >= 4 is 11.3 Å². The van der Waals surface area contributed by atoms with Gasteiger partial charge in [0.15, 0.2) is 0 Å². The van der Waals surface area contributed by atoms with E-state index in [1.807, 2.05) is 18.2 Å². The molecule has 0 unspecified atom stereocenters. The first-order chi connectivity index (χ1) is 12.3. The molecule has 0 radical (unpaired) electrons. The molecule has 3 rings (SSSR count). The fourth-order valence-corrected chi connectivity index (χ4v) is 2.97. The van der Waals surface area contributed by atoms with Crippen molar-refractivity contribution in [2.75, 3.05) is 0 Å². The average Bonchev–Trinajstić information content (AvgIpc) is 3.28. The Morgan fingerprint density at radius 3 is 1.56 bits per heavy atom. The highest BCUT2D eigenvalue weighted by atomic mass is 32.1. The van der Waals surface area contributed by atoms with Gasteiger partial charge in [-0.2, -0.15) is 11.3 Å². The van der Waals surface area contributed by atoms with Gasteiger partial charge in [0.25, 0.3) is 0 Å². The van der Waals surface area contributed by atoms with Gasteiger partial charge in [-0.25, -0.2) is 0 Å². The fraction of sp³-hybridized carbons (Fsp3) is 0.500. The van der Waals surface area contributed by atoms with E-state index in [0.717, 1.165) is 5.76 Å². The summed E-state index contributed by atoms with van der Waals surface area (Å²) in [7, 11) is 0. The smallest absolute Gasteiger partial charge is 0.109 e. The number of rotatable bonds is 0. The predicted molar refractivity (Wildman–Crippen MR) is 118 cm³/mol. The van der Waals surface area contributed by atoms with Crippen molar-refractivity contribution in [1.29, 1.82) is 0 Å². The molecule has 0 bridgehead atoms. The minimum Gasteiger partial charge on any atom is -0.472 e. The van der Waals surface area contributed by atoms with Crippen molar-refractivity contribution in [1.82, 2.24) is 0 Å². The maximum absolute atomic E-state index is 5.20. The lowest BCUT2D eigenvalue weighted by Gasteiger charge is -2.15. The van der Waals surface area contributed by atoms with Crippen LogP contribution in [0.5, 0.6) is 0 Å². The van der Waals surface area contributed by atoms with Gasteiger partial charge in [-0.3, -0.25) is 0 Å². The summed E-state index contributed by atoms with van der Waals surface area (Å²) in [4.78, 5) is 0. The SMILES string of the molecule is CC(C)(C)c1ccco1.CC(C)(C)c1ccoc1.CC(C)(C)c1ccsc1. The minimum absolute atomic E-state index is 0.156. The Labute approximate surface area is 169 Å². The van der Waals surface area contributed by atoms with Gasteiger partial charge in [0.05, 0.1) is 18.8 Å². The van der Waals surface area contributed by atoms with E-state index in [1.165, 1.54) is 11.1 Å². The van der Waals surface area contributed by atoms with Crippen LogP contribution in [-0.2, 0) is 16.2 Å². The summed E-state index contributed by atoms with van der Waals surface area (Å²) in [5, 5.41) is 4.33. The Morgan fingerprint density at radius 2 is 1.33 bits per heavy atom. The molecule has 0 saturated carbocycles. The van der Waals surface area contributed by atoms with Crippen LogP contribution in [0.25, 0.3) is 0 Å². The van der Waals surface area contributed by atoms with Crippen LogP contribution in [0.4, 0.5) is 0 Å². The standard InChI is InChI=1S/2C8H12O.C8H12S/c1-8(2,3)7-4-5-9-6-7;1-8(2,3)7-5-4-6-9-7;1-8(2,3)7-4-5-9-6-7/h3*4-6H,1-3H3. The van der Waals surface area contributed by atoms with Crippen molar-refractivity contribution in [3.8, 4) is 0 Å². The first-order valence-corrected chi connectivity index (χ1v) is 10.4. The van der Waals surface area contributed by atoms with E-state index in [0.29, 0.717) is 5.41 Å². The molecule has 27 heavy (non-hydrogen) atoms. The van der Waals surface area contributed by atoms with Crippen LogP contribution in [0.3, 0.4) is 0 Å². The zero-order chi connectivity index (χ0) is 20.7. The maximum atomic E-state index is 5.20. The van der Waals surface area contributed by atoms with E-state index >= 15 is 0 Å². The van der Waals surface area contributed by atoms with E-state index in [4.69, 9.17) is 8.83 Å². The van der Waals surface area contributed by atoms with Crippen LogP contribution < -0.4 is 0 Å².